The second-order valence-corrected chi connectivity index (χ2v) is 8.90. The van der Waals surface area contributed by atoms with Crippen molar-refractivity contribution in [1.82, 2.24) is 20.2 Å². The number of aromatic nitrogens is 2. The first kappa shape index (κ1) is 19.5. The maximum Gasteiger partial charge on any atom is 0.241 e. The van der Waals surface area contributed by atoms with Crippen LogP contribution in [0.3, 0.4) is 0 Å². The van der Waals surface area contributed by atoms with Crippen molar-refractivity contribution in [3.05, 3.63) is 29.7 Å². The molecule has 2 aromatic rings. The molecule has 1 amide bonds. The van der Waals surface area contributed by atoms with E-state index in [-0.39, 0.29) is 16.8 Å². The van der Waals surface area contributed by atoms with Gasteiger partial charge in [-0.05, 0) is 52.2 Å². The normalized spacial score (nSPS) is 15.7. The van der Waals surface area contributed by atoms with E-state index in [1.807, 2.05) is 13.8 Å². The molecule has 1 fully saturated rings. The van der Waals surface area contributed by atoms with Gasteiger partial charge in [0.05, 0.1) is 10.9 Å². The molecule has 27 heavy (non-hydrogen) atoms. The second kappa shape index (κ2) is 7.40. The lowest BCUT2D eigenvalue weighted by atomic mass is 10.1. The first-order chi connectivity index (χ1) is 12.7. The van der Waals surface area contributed by atoms with Crippen molar-refractivity contribution in [2.24, 2.45) is 0 Å². The number of aryl methyl sites for hydroxylation is 1. The van der Waals surface area contributed by atoms with Crippen LogP contribution in [-0.2, 0) is 14.8 Å². The zero-order valence-electron chi connectivity index (χ0n) is 15.8. The summed E-state index contributed by atoms with van der Waals surface area (Å²) in [6.45, 7) is 6.83. The number of hydrogen-bond acceptors (Lipinski definition) is 6. The molecule has 1 aliphatic carbocycles. The van der Waals surface area contributed by atoms with Crippen molar-refractivity contribution in [2.75, 3.05) is 0 Å². The minimum absolute atomic E-state index is 0.0755. The van der Waals surface area contributed by atoms with Crippen molar-refractivity contribution in [1.29, 1.82) is 0 Å². The summed E-state index contributed by atoms with van der Waals surface area (Å²) < 4.78 is 33.3. The van der Waals surface area contributed by atoms with Crippen LogP contribution in [0.4, 0.5) is 0 Å². The van der Waals surface area contributed by atoms with Crippen molar-refractivity contribution in [2.45, 2.75) is 63.4 Å². The number of nitrogens with one attached hydrogen (secondary N) is 2. The van der Waals surface area contributed by atoms with Crippen molar-refractivity contribution >= 4 is 15.9 Å². The highest BCUT2D eigenvalue weighted by Gasteiger charge is 2.30. The van der Waals surface area contributed by atoms with Gasteiger partial charge in [-0.15, -0.1) is 0 Å². The van der Waals surface area contributed by atoms with Crippen LogP contribution in [0.25, 0.3) is 11.4 Å². The molecule has 3 rings (SSSR count). The summed E-state index contributed by atoms with van der Waals surface area (Å²) in [6, 6.07) is 3.98. The maximum atomic E-state index is 12.8. The molecule has 0 saturated heterocycles. The van der Waals surface area contributed by atoms with E-state index in [1.165, 1.54) is 13.0 Å². The number of carbonyl (C=O) groups is 1. The summed E-state index contributed by atoms with van der Waals surface area (Å²) in [6.07, 6.45) is 2.07. The highest BCUT2D eigenvalue weighted by atomic mass is 32.2. The van der Waals surface area contributed by atoms with E-state index in [4.69, 9.17) is 4.52 Å². The molecule has 9 heteroatoms. The minimum atomic E-state index is -3.90. The number of benzene rings is 1. The van der Waals surface area contributed by atoms with Gasteiger partial charge in [0.1, 0.15) is 0 Å². The molecule has 1 atom stereocenters. The summed E-state index contributed by atoms with van der Waals surface area (Å²) >= 11 is 0. The van der Waals surface area contributed by atoms with Gasteiger partial charge in [-0.3, -0.25) is 4.79 Å². The molecule has 1 aromatic carbocycles. The monoisotopic (exact) mass is 392 g/mol. The van der Waals surface area contributed by atoms with Gasteiger partial charge in [-0.1, -0.05) is 17.3 Å². The van der Waals surface area contributed by atoms with Crippen LogP contribution in [0, 0.1) is 6.92 Å². The van der Waals surface area contributed by atoms with Gasteiger partial charge in [0.2, 0.25) is 27.6 Å². The van der Waals surface area contributed by atoms with E-state index in [1.54, 1.807) is 19.1 Å². The van der Waals surface area contributed by atoms with Crippen molar-refractivity contribution in [3.8, 4) is 11.4 Å². The zero-order valence-corrected chi connectivity index (χ0v) is 16.6. The van der Waals surface area contributed by atoms with Crippen molar-refractivity contribution < 1.29 is 17.7 Å². The van der Waals surface area contributed by atoms with Crippen LogP contribution in [0.15, 0.2) is 27.6 Å². The third kappa shape index (κ3) is 4.54. The van der Waals surface area contributed by atoms with Crippen LogP contribution in [0.1, 0.15) is 51.0 Å². The van der Waals surface area contributed by atoms with Gasteiger partial charge in [0.25, 0.3) is 0 Å². The Bertz CT molecular complexity index is 948. The second-order valence-electron chi connectivity index (χ2n) is 7.22. The summed E-state index contributed by atoms with van der Waals surface area (Å²) in [5, 5.41) is 6.65. The summed E-state index contributed by atoms with van der Waals surface area (Å²) in [5.74, 6) is 0.891. The van der Waals surface area contributed by atoms with Gasteiger partial charge in [0, 0.05) is 17.5 Å². The lowest BCUT2D eigenvalue weighted by Crippen LogP contribution is -2.46. The van der Waals surface area contributed by atoms with Gasteiger partial charge in [-0.2, -0.15) is 9.71 Å². The van der Waals surface area contributed by atoms with E-state index < -0.39 is 16.1 Å². The highest BCUT2D eigenvalue weighted by Crippen LogP contribution is 2.39. The third-order valence-electron chi connectivity index (χ3n) is 4.26. The van der Waals surface area contributed by atoms with Crippen LogP contribution < -0.4 is 10.0 Å². The topological polar surface area (TPSA) is 114 Å². The zero-order chi connectivity index (χ0) is 19.8. The van der Waals surface area contributed by atoms with Crippen molar-refractivity contribution in [3.63, 3.8) is 0 Å². The third-order valence-corrected chi connectivity index (χ3v) is 5.94. The molecule has 0 aliphatic heterocycles. The fourth-order valence-corrected chi connectivity index (χ4v) is 4.11. The van der Waals surface area contributed by atoms with Gasteiger partial charge in [0.15, 0.2) is 0 Å². The first-order valence-corrected chi connectivity index (χ1v) is 10.4. The quantitative estimate of drug-likeness (QED) is 0.746. The lowest BCUT2D eigenvalue weighted by Gasteiger charge is -2.17. The van der Waals surface area contributed by atoms with Gasteiger partial charge in [-0.25, -0.2) is 8.42 Å². The molecule has 1 saturated carbocycles. The predicted molar refractivity (Wildman–Crippen MR) is 99.5 cm³/mol. The number of hydrogen-bond donors (Lipinski definition) is 2. The first-order valence-electron chi connectivity index (χ1n) is 8.94. The molecule has 1 aromatic heterocycles. The van der Waals surface area contributed by atoms with E-state index in [9.17, 15) is 13.2 Å². The average molecular weight is 392 g/mol. The Balaban J connectivity index is 1.84. The van der Waals surface area contributed by atoms with Crippen LogP contribution in [0.2, 0.25) is 0 Å². The van der Waals surface area contributed by atoms with Crippen LogP contribution in [0.5, 0.6) is 0 Å². The Labute approximate surface area is 158 Å². The standard InChI is InChI=1S/C18H24N4O4S/c1-10(2)19-17(23)12(4)22-27(24,25)15-9-14(6-5-11(15)3)16-20-18(26-21-16)13-7-8-13/h5-6,9-10,12-13,22H,7-8H2,1-4H3,(H,19,23). The lowest BCUT2D eigenvalue weighted by molar-refractivity contribution is -0.122. The molecule has 0 spiro atoms. The molecule has 8 nitrogen and oxygen atoms in total. The number of carbonyl (C=O) groups excluding carboxylic acids is 1. The Kier molecular flexibility index (Phi) is 5.34. The fourth-order valence-electron chi connectivity index (χ4n) is 2.64. The average Bonchev–Trinajstić information content (AvgIpc) is 3.31. The number of amides is 1. The molecule has 2 N–H and O–H groups in total. The van der Waals surface area contributed by atoms with Gasteiger partial charge >= 0.3 is 0 Å². The molecule has 146 valence electrons. The number of nitrogens with zero attached hydrogens (tertiary/aromatic N) is 2. The minimum Gasteiger partial charge on any atom is -0.353 e. The maximum absolute atomic E-state index is 12.8. The Hall–Kier alpha value is -2.26. The van der Waals surface area contributed by atoms with Gasteiger partial charge < -0.3 is 9.84 Å². The molecule has 1 unspecified atom stereocenters. The Morgan fingerprint density at radius 1 is 1.26 bits per heavy atom. The summed E-state index contributed by atoms with van der Waals surface area (Å²) in [7, 11) is -3.90. The van der Waals surface area contributed by atoms with Crippen LogP contribution >= 0.6 is 0 Å². The molecule has 1 heterocycles. The molecule has 0 bridgehead atoms. The predicted octanol–water partition coefficient (Wildman–Crippen LogP) is 2.11. The largest absolute Gasteiger partial charge is 0.353 e. The Morgan fingerprint density at radius 2 is 1.96 bits per heavy atom. The number of sulfonamides is 1. The molecule has 1 aliphatic rings. The molecular formula is C18H24N4O4S. The summed E-state index contributed by atoms with van der Waals surface area (Å²) in [5.41, 5.74) is 1.12. The fraction of sp³-hybridized carbons (Fsp3) is 0.500. The molecular weight excluding hydrogens is 368 g/mol. The Morgan fingerprint density at radius 3 is 2.59 bits per heavy atom. The van der Waals surface area contributed by atoms with Crippen LogP contribution in [-0.4, -0.2) is 36.5 Å². The molecule has 0 radical (unpaired) electrons. The van der Waals surface area contributed by atoms with E-state index in [0.29, 0.717) is 28.8 Å². The highest BCUT2D eigenvalue weighted by molar-refractivity contribution is 7.89. The van der Waals surface area contributed by atoms with E-state index in [0.717, 1.165) is 12.8 Å². The SMILES string of the molecule is Cc1ccc(-c2noc(C3CC3)n2)cc1S(=O)(=O)NC(C)C(=O)NC(C)C. The number of rotatable bonds is 7. The summed E-state index contributed by atoms with van der Waals surface area (Å²) in [4.78, 5) is 16.5. The van der Waals surface area contributed by atoms with E-state index >= 15 is 0 Å². The smallest absolute Gasteiger partial charge is 0.241 e. The van der Waals surface area contributed by atoms with E-state index in [2.05, 4.69) is 20.2 Å².